The van der Waals surface area contributed by atoms with Gasteiger partial charge in [0.25, 0.3) is 0 Å². The molecule has 6 unspecified atom stereocenters. The van der Waals surface area contributed by atoms with E-state index in [1.54, 1.807) is 0 Å². The Kier molecular flexibility index (Phi) is 2.21. The minimum atomic E-state index is 0.282. The van der Waals surface area contributed by atoms with E-state index in [-0.39, 0.29) is 5.60 Å². The van der Waals surface area contributed by atoms with Crippen LogP contribution >= 0.6 is 0 Å². The quantitative estimate of drug-likeness (QED) is 0.688. The summed E-state index contributed by atoms with van der Waals surface area (Å²) in [6, 6.07) is 0. The van der Waals surface area contributed by atoms with Gasteiger partial charge in [-0.2, -0.15) is 0 Å². The fourth-order valence-electron chi connectivity index (χ4n) is 4.60. The van der Waals surface area contributed by atoms with Crippen molar-refractivity contribution in [3.63, 3.8) is 0 Å². The van der Waals surface area contributed by atoms with E-state index in [1.807, 2.05) is 0 Å². The van der Waals surface area contributed by atoms with E-state index in [0.29, 0.717) is 24.2 Å². The number of hydrogen-bond donors (Lipinski definition) is 0. The van der Waals surface area contributed by atoms with Crippen molar-refractivity contribution in [2.24, 2.45) is 17.8 Å². The van der Waals surface area contributed by atoms with E-state index < -0.39 is 0 Å². The largest absolute Gasteiger partial charge is 0.370 e. The van der Waals surface area contributed by atoms with Gasteiger partial charge in [-0.1, -0.05) is 13.8 Å². The van der Waals surface area contributed by atoms with Gasteiger partial charge in [0.15, 0.2) is 0 Å². The lowest BCUT2D eigenvalue weighted by atomic mass is 9.68. The highest BCUT2D eigenvalue weighted by Gasteiger charge is 2.62. The molecule has 2 aliphatic carbocycles. The molecule has 2 saturated carbocycles. The number of epoxide rings is 2. The average molecular weight is 236 g/mol. The van der Waals surface area contributed by atoms with Crippen LogP contribution in [0.1, 0.15) is 52.4 Å². The minimum Gasteiger partial charge on any atom is -0.370 e. The Morgan fingerprint density at radius 2 is 1.82 bits per heavy atom. The van der Waals surface area contributed by atoms with E-state index in [4.69, 9.17) is 9.47 Å². The van der Waals surface area contributed by atoms with Crippen LogP contribution in [0.25, 0.3) is 0 Å². The average Bonchev–Trinajstić information content (AvgIpc) is 3.21. The topological polar surface area (TPSA) is 25.1 Å². The normalized spacial score (nSPS) is 56.3. The SMILES string of the molecule is CC(C)C12CC(C3CCC4OC4C3)CCC1O2. The Bertz CT molecular complexity index is 327. The first-order valence-electron chi connectivity index (χ1n) is 7.52. The second kappa shape index (κ2) is 3.48. The van der Waals surface area contributed by atoms with Crippen LogP contribution in [-0.4, -0.2) is 23.9 Å². The maximum Gasteiger partial charge on any atom is 0.0973 e. The lowest BCUT2D eigenvalue weighted by Gasteiger charge is -2.34. The van der Waals surface area contributed by atoms with Crippen molar-refractivity contribution in [3.8, 4) is 0 Å². The second-order valence-corrected chi connectivity index (χ2v) is 7.04. The van der Waals surface area contributed by atoms with E-state index in [0.717, 1.165) is 11.8 Å². The maximum absolute atomic E-state index is 6.05. The van der Waals surface area contributed by atoms with E-state index >= 15 is 0 Å². The smallest absolute Gasteiger partial charge is 0.0973 e. The van der Waals surface area contributed by atoms with Gasteiger partial charge in [-0.15, -0.1) is 0 Å². The van der Waals surface area contributed by atoms with Gasteiger partial charge in [-0.3, -0.25) is 0 Å². The summed E-state index contributed by atoms with van der Waals surface area (Å²) < 4.78 is 11.7. The zero-order chi connectivity index (χ0) is 11.6. The first-order valence-corrected chi connectivity index (χ1v) is 7.52. The molecule has 0 aromatic carbocycles. The second-order valence-electron chi connectivity index (χ2n) is 7.04. The Morgan fingerprint density at radius 1 is 1.00 bits per heavy atom. The summed E-state index contributed by atoms with van der Waals surface area (Å²) >= 11 is 0. The van der Waals surface area contributed by atoms with Crippen molar-refractivity contribution in [2.75, 3.05) is 0 Å². The summed E-state index contributed by atoms with van der Waals surface area (Å²) in [5.74, 6) is 2.55. The van der Waals surface area contributed by atoms with Gasteiger partial charge in [0.05, 0.1) is 23.9 Å². The lowest BCUT2D eigenvalue weighted by molar-refractivity contribution is 0.147. The monoisotopic (exact) mass is 236 g/mol. The molecule has 17 heavy (non-hydrogen) atoms. The number of hydrogen-bond acceptors (Lipinski definition) is 2. The molecule has 2 nitrogen and oxygen atoms in total. The zero-order valence-corrected chi connectivity index (χ0v) is 11.0. The van der Waals surface area contributed by atoms with Gasteiger partial charge in [-0.25, -0.2) is 0 Å². The number of rotatable bonds is 2. The van der Waals surface area contributed by atoms with Gasteiger partial charge in [0.2, 0.25) is 0 Å². The van der Waals surface area contributed by atoms with Crippen LogP contribution in [0.2, 0.25) is 0 Å². The zero-order valence-electron chi connectivity index (χ0n) is 11.0. The molecule has 0 N–H and O–H groups in total. The van der Waals surface area contributed by atoms with Crippen molar-refractivity contribution < 1.29 is 9.47 Å². The van der Waals surface area contributed by atoms with Crippen LogP contribution in [0.4, 0.5) is 0 Å². The summed E-state index contributed by atoms with van der Waals surface area (Å²) in [5, 5.41) is 0. The third-order valence-corrected chi connectivity index (χ3v) is 5.92. The van der Waals surface area contributed by atoms with Crippen LogP contribution < -0.4 is 0 Å². The van der Waals surface area contributed by atoms with E-state index in [9.17, 15) is 0 Å². The molecule has 2 saturated heterocycles. The summed E-state index contributed by atoms with van der Waals surface area (Å²) in [7, 11) is 0. The predicted molar refractivity (Wildman–Crippen MR) is 65.8 cm³/mol. The van der Waals surface area contributed by atoms with Gasteiger partial charge in [0, 0.05) is 0 Å². The Morgan fingerprint density at radius 3 is 2.59 bits per heavy atom. The van der Waals surface area contributed by atoms with E-state index in [2.05, 4.69) is 13.8 Å². The van der Waals surface area contributed by atoms with Crippen molar-refractivity contribution in [3.05, 3.63) is 0 Å². The van der Waals surface area contributed by atoms with Gasteiger partial charge in [0.1, 0.15) is 0 Å². The molecular formula is C15H24O2. The van der Waals surface area contributed by atoms with Crippen molar-refractivity contribution in [1.82, 2.24) is 0 Å². The number of fused-ring (bicyclic) bond motifs is 2. The first kappa shape index (κ1) is 10.8. The Balaban J connectivity index is 1.44. The van der Waals surface area contributed by atoms with Crippen LogP contribution in [0.5, 0.6) is 0 Å². The van der Waals surface area contributed by atoms with E-state index in [1.165, 1.54) is 38.5 Å². The van der Waals surface area contributed by atoms with Crippen LogP contribution in [-0.2, 0) is 9.47 Å². The molecule has 2 aliphatic heterocycles. The first-order chi connectivity index (χ1) is 8.19. The summed E-state index contributed by atoms with van der Waals surface area (Å²) in [6.07, 6.45) is 10.0. The number of ether oxygens (including phenoxy) is 2. The third-order valence-electron chi connectivity index (χ3n) is 5.92. The molecule has 0 bridgehead atoms. The van der Waals surface area contributed by atoms with Gasteiger partial charge in [-0.05, 0) is 56.3 Å². The summed E-state index contributed by atoms with van der Waals surface area (Å²) in [5.41, 5.74) is 0.282. The standard InChI is InChI=1S/C15H24O2/c1-9(2)15-8-11(4-6-14(15)17-15)10-3-5-12-13(7-10)16-12/h9-14H,3-8H2,1-2H3. The maximum atomic E-state index is 6.05. The minimum absolute atomic E-state index is 0.282. The molecule has 0 aromatic heterocycles. The fraction of sp³-hybridized carbons (Fsp3) is 1.00. The highest BCUT2D eigenvalue weighted by atomic mass is 16.6. The van der Waals surface area contributed by atoms with Gasteiger partial charge < -0.3 is 9.47 Å². The molecule has 0 radical (unpaired) electrons. The highest BCUT2D eigenvalue weighted by Crippen LogP contribution is 2.57. The predicted octanol–water partition coefficient (Wildman–Crippen LogP) is 3.15. The Labute approximate surface area is 104 Å². The van der Waals surface area contributed by atoms with Crippen LogP contribution in [0.15, 0.2) is 0 Å². The van der Waals surface area contributed by atoms with Crippen molar-refractivity contribution in [2.45, 2.75) is 76.3 Å². The highest BCUT2D eigenvalue weighted by molar-refractivity contribution is 5.10. The van der Waals surface area contributed by atoms with Crippen molar-refractivity contribution >= 4 is 0 Å². The Hall–Kier alpha value is -0.0800. The molecule has 2 heteroatoms. The van der Waals surface area contributed by atoms with Crippen molar-refractivity contribution in [1.29, 1.82) is 0 Å². The fourth-order valence-corrected chi connectivity index (χ4v) is 4.60. The van der Waals surface area contributed by atoms with Crippen LogP contribution in [0.3, 0.4) is 0 Å². The third kappa shape index (κ3) is 1.60. The summed E-state index contributed by atoms with van der Waals surface area (Å²) in [6.45, 7) is 4.67. The van der Waals surface area contributed by atoms with Gasteiger partial charge >= 0.3 is 0 Å². The lowest BCUT2D eigenvalue weighted by Crippen LogP contribution is -2.34. The molecule has 0 amide bonds. The molecular weight excluding hydrogens is 212 g/mol. The summed E-state index contributed by atoms with van der Waals surface area (Å²) in [4.78, 5) is 0. The molecule has 2 heterocycles. The molecule has 96 valence electrons. The molecule has 0 aromatic rings. The molecule has 6 atom stereocenters. The van der Waals surface area contributed by atoms with Crippen LogP contribution in [0, 0.1) is 17.8 Å². The molecule has 4 rings (SSSR count). The molecule has 0 spiro atoms. The molecule has 4 fully saturated rings. The molecule has 4 aliphatic rings.